The lowest BCUT2D eigenvalue weighted by Crippen LogP contribution is -2.31. The molecule has 4 aromatic rings. The zero-order valence-corrected chi connectivity index (χ0v) is 17.9. The van der Waals surface area contributed by atoms with E-state index in [-0.39, 0.29) is 47.1 Å². The van der Waals surface area contributed by atoms with Gasteiger partial charge in [0.2, 0.25) is 5.89 Å². The summed E-state index contributed by atoms with van der Waals surface area (Å²) < 4.78 is 35.6. The fourth-order valence-corrected chi connectivity index (χ4v) is 4.34. The smallest absolute Gasteiger partial charge is 0.262 e. The van der Waals surface area contributed by atoms with Crippen LogP contribution < -0.4 is 10.9 Å². The van der Waals surface area contributed by atoms with Crippen LogP contribution in [0.1, 0.15) is 51.8 Å². The number of pyridine rings is 1. The molecule has 2 heterocycles. The lowest BCUT2D eigenvalue weighted by atomic mass is 10.0. The van der Waals surface area contributed by atoms with Gasteiger partial charge in [-0.25, -0.2) is 13.8 Å². The summed E-state index contributed by atoms with van der Waals surface area (Å²) in [6, 6.07) is 9.04. The van der Waals surface area contributed by atoms with Crippen LogP contribution in [0.4, 0.5) is 8.78 Å². The minimum atomic E-state index is -0.714. The number of amides is 1. The molecule has 0 radical (unpaired) electrons. The van der Waals surface area contributed by atoms with Gasteiger partial charge in [-0.2, -0.15) is 0 Å². The van der Waals surface area contributed by atoms with Crippen LogP contribution in [0.2, 0.25) is 0 Å². The topological polar surface area (TPSA) is 77.1 Å². The summed E-state index contributed by atoms with van der Waals surface area (Å²) in [5.74, 6) is -1.02. The molecule has 168 valence electrons. The molecule has 1 fully saturated rings. The number of halogens is 2. The monoisotopic (exact) mass is 449 g/mol. The molecule has 8 heteroatoms. The van der Waals surface area contributed by atoms with Crippen LogP contribution in [0, 0.1) is 18.6 Å². The van der Waals surface area contributed by atoms with Crippen molar-refractivity contribution in [3.63, 3.8) is 0 Å². The molecule has 1 aliphatic carbocycles. The minimum absolute atomic E-state index is 0.0437. The Kier molecular flexibility index (Phi) is 5.28. The summed E-state index contributed by atoms with van der Waals surface area (Å²) in [6.45, 7) is 1.71. The normalized spacial score (nSPS) is 13.4. The summed E-state index contributed by atoms with van der Waals surface area (Å²) >= 11 is 0. The van der Waals surface area contributed by atoms with Crippen LogP contribution in [0.3, 0.4) is 0 Å². The van der Waals surface area contributed by atoms with E-state index in [1.165, 1.54) is 35.2 Å². The predicted molar refractivity (Wildman–Crippen MR) is 118 cm³/mol. The number of nitrogens with zero attached hydrogens (tertiary/aromatic N) is 2. The van der Waals surface area contributed by atoms with E-state index < -0.39 is 17.3 Å². The van der Waals surface area contributed by atoms with Crippen LogP contribution in [0.15, 0.2) is 58.1 Å². The zero-order valence-electron chi connectivity index (χ0n) is 17.9. The molecule has 5 rings (SSSR count). The standard InChI is InChI=1S/C25H21F2N3O3/c1-14-21(24(31)29-12-16-4-2-6-18(26)22(16)15-8-9-15)17-5-3-7-19(27)23(17)25(32)30(14)13-20-28-10-11-33-20/h2-7,10-11,15H,8-9,12-13H2,1H3,(H,29,31). The molecular weight excluding hydrogens is 428 g/mol. The van der Waals surface area contributed by atoms with E-state index in [9.17, 15) is 18.4 Å². The number of hydrogen-bond acceptors (Lipinski definition) is 4. The highest BCUT2D eigenvalue weighted by atomic mass is 19.1. The van der Waals surface area contributed by atoms with E-state index in [0.29, 0.717) is 16.8 Å². The van der Waals surface area contributed by atoms with Gasteiger partial charge >= 0.3 is 0 Å². The molecular formula is C25H21F2N3O3. The van der Waals surface area contributed by atoms with Crippen LogP contribution >= 0.6 is 0 Å². The van der Waals surface area contributed by atoms with E-state index >= 15 is 0 Å². The number of rotatable bonds is 6. The third-order valence-corrected chi connectivity index (χ3v) is 6.08. The maximum Gasteiger partial charge on any atom is 0.262 e. The number of nitrogens with one attached hydrogen (secondary N) is 1. The van der Waals surface area contributed by atoms with Crippen LogP contribution in [-0.2, 0) is 13.1 Å². The predicted octanol–water partition coefficient (Wildman–Crippen LogP) is 4.43. The molecule has 2 aromatic heterocycles. The zero-order chi connectivity index (χ0) is 23.1. The Morgan fingerprint density at radius 3 is 2.67 bits per heavy atom. The molecule has 0 unspecified atom stereocenters. The van der Waals surface area contributed by atoms with Crippen molar-refractivity contribution in [3.8, 4) is 0 Å². The number of carbonyl (C=O) groups excluding carboxylic acids is 1. The summed E-state index contributed by atoms with van der Waals surface area (Å²) in [5, 5.41) is 2.89. The Bertz CT molecular complexity index is 1420. The third kappa shape index (κ3) is 3.82. The first-order chi connectivity index (χ1) is 16.0. The number of benzene rings is 2. The second-order valence-corrected chi connectivity index (χ2v) is 8.21. The van der Waals surface area contributed by atoms with Crippen molar-refractivity contribution < 1.29 is 18.0 Å². The Morgan fingerprint density at radius 1 is 1.18 bits per heavy atom. The molecule has 2 aromatic carbocycles. The minimum Gasteiger partial charge on any atom is -0.447 e. The molecule has 0 atom stereocenters. The van der Waals surface area contributed by atoms with Gasteiger partial charge in [0.05, 0.1) is 17.1 Å². The second kappa shape index (κ2) is 8.27. The highest BCUT2D eigenvalue weighted by Gasteiger charge is 2.29. The van der Waals surface area contributed by atoms with Crippen molar-refractivity contribution in [3.05, 3.63) is 99.1 Å². The molecule has 0 spiro atoms. The second-order valence-electron chi connectivity index (χ2n) is 8.21. The van der Waals surface area contributed by atoms with Gasteiger partial charge < -0.3 is 14.3 Å². The van der Waals surface area contributed by atoms with Crippen molar-refractivity contribution in [2.75, 3.05) is 0 Å². The molecule has 1 N–H and O–H groups in total. The maximum atomic E-state index is 14.7. The Hall–Kier alpha value is -3.81. The Labute approximate surface area is 187 Å². The van der Waals surface area contributed by atoms with E-state index in [1.807, 2.05) is 0 Å². The first kappa shape index (κ1) is 21.1. The molecule has 0 bridgehead atoms. The largest absolute Gasteiger partial charge is 0.447 e. The van der Waals surface area contributed by atoms with Crippen molar-refractivity contribution in [2.24, 2.45) is 0 Å². The molecule has 0 saturated heterocycles. The van der Waals surface area contributed by atoms with Crippen molar-refractivity contribution in [1.82, 2.24) is 14.9 Å². The fraction of sp³-hybridized carbons (Fsp3) is 0.240. The van der Waals surface area contributed by atoms with E-state index in [0.717, 1.165) is 12.8 Å². The SMILES string of the molecule is Cc1c(C(=O)NCc2cccc(F)c2C2CC2)c2cccc(F)c2c(=O)n1Cc1ncco1. The highest BCUT2D eigenvalue weighted by Crippen LogP contribution is 2.42. The average Bonchev–Trinajstić information content (AvgIpc) is 3.49. The van der Waals surface area contributed by atoms with E-state index in [2.05, 4.69) is 10.3 Å². The lowest BCUT2D eigenvalue weighted by Gasteiger charge is -2.17. The number of carbonyl (C=O) groups is 1. The summed E-state index contributed by atoms with van der Waals surface area (Å²) in [6.07, 6.45) is 4.68. The number of fused-ring (bicyclic) bond motifs is 1. The Morgan fingerprint density at radius 2 is 1.94 bits per heavy atom. The molecule has 0 aliphatic heterocycles. The van der Waals surface area contributed by atoms with Gasteiger partial charge in [-0.3, -0.25) is 9.59 Å². The van der Waals surface area contributed by atoms with Crippen LogP contribution in [0.5, 0.6) is 0 Å². The first-order valence-electron chi connectivity index (χ1n) is 10.7. The third-order valence-electron chi connectivity index (χ3n) is 6.08. The van der Waals surface area contributed by atoms with Gasteiger partial charge in [-0.15, -0.1) is 0 Å². The maximum absolute atomic E-state index is 14.7. The quantitative estimate of drug-likeness (QED) is 0.472. The van der Waals surface area contributed by atoms with E-state index in [4.69, 9.17) is 4.42 Å². The lowest BCUT2D eigenvalue weighted by molar-refractivity contribution is 0.0951. The molecule has 1 aliphatic rings. The molecule has 33 heavy (non-hydrogen) atoms. The first-order valence-corrected chi connectivity index (χ1v) is 10.7. The Balaban J connectivity index is 1.56. The highest BCUT2D eigenvalue weighted by molar-refractivity contribution is 6.07. The van der Waals surface area contributed by atoms with Crippen molar-refractivity contribution in [2.45, 2.75) is 38.8 Å². The van der Waals surface area contributed by atoms with Gasteiger partial charge in [-0.1, -0.05) is 24.3 Å². The summed E-state index contributed by atoms with van der Waals surface area (Å²) in [7, 11) is 0. The van der Waals surface area contributed by atoms with Gasteiger partial charge in [0.1, 0.15) is 24.4 Å². The molecule has 1 amide bonds. The van der Waals surface area contributed by atoms with Gasteiger partial charge in [-0.05, 0) is 48.9 Å². The molecule has 6 nitrogen and oxygen atoms in total. The van der Waals surface area contributed by atoms with Gasteiger partial charge in [0, 0.05) is 17.6 Å². The summed E-state index contributed by atoms with van der Waals surface area (Å²) in [5.41, 5.74) is 1.32. The van der Waals surface area contributed by atoms with Crippen molar-refractivity contribution in [1.29, 1.82) is 0 Å². The average molecular weight is 449 g/mol. The number of aromatic nitrogens is 2. The van der Waals surface area contributed by atoms with Crippen LogP contribution in [-0.4, -0.2) is 15.5 Å². The number of hydrogen-bond donors (Lipinski definition) is 1. The van der Waals surface area contributed by atoms with Crippen molar-refractivity contribution >= 4 is 16.7 Å². The van der Waals surface area contributed by atoms with Crippen LogP contribution in [0.25, 0.3) is 10.8 Å². The molecule has 1 saturated carbocycles. The number of oxazole rings is 1. The van der Waals surface area contributed by atoms with E-state index in [1.54, 1.807) is 25.1 Å². The van der Waals surface area contributed by atoms with Gasteiger partial charge in [0.25, 0.3) is 11.5 Å². The fourth-order valence-electron chi connectivity index (χ4n) is 4.34. The van der Waals surface area contributed by atoms with Gasteiger partial charge in [0.15, 0.2) is 0 Å². The summed E-state index contributed by atoms with van der Waals surface area (Å²) in [4.78, 5) is 30.5.